The van der Waals surface area contributed by atoms with E-state index < -0.39 is 10.0 Å². The molecule has 1 amide bonds. The molecule has 2 rings (SSSR count). The normalized spacial score (nSPS) is 11.2. The smallest absolute Gasteiger partial charge is 0.255 e. The van der Waals surface area contributed by atoms with Gasteiger partial charge in [-0.25, -0.2) is 13.6 Å². The first-order chi connectivity index (χ1) is 9.79. The Morgan fingerprint density at radius 2 is 1.67 bits per heavy atom. The number of anilines is 1. The second-order valence-corrected chi connectivity index (χ2v) is 6.32. The maximum absolute atomic E-state index is 12.1. The Morgan fingerprint density at radius 3 is 2.24 bits per heavy atom. The highest BCUT2D eigenvalue weighted by atomic mass is 32.2. The predicted molar refractivity (Wildman–Crippen MR) is 81.7 cm³/mol. The van der Waals surface area contributed by atoms with Crippen LogP contribution >= 0.6 is 0 Å². The van der Waals surface area contributed by atoms with Gasteiger partial charge in [-0.2, -0.15) is 0 Å². The molecule has 3 N–H and O–H groups in total. The minimum absolute atomic E-state index is 0.00389. The van der Waals surface area contributed by atoms with Gasteiger partial charge in [0.25, 0.3) is 5.91 Å². The lowest BCUT2D eigenvalue weighted by Gasteiger charge is -2.11. The Kier molecular flexibility index (Phi) is 4.11. The number of rotatable bonds is 3. The van der Waals surface area contributed by atoms with Gasteiger partial charge in [0.15, 0.2) is 0 Å². The van der Waals surface area contributed by atoms with E-state index in [9.17, 15) is 13.2 Å². The van der Waals surface area contributed by atoms with Crippen LogP contribution in [0.5, 0.6) is 0 Å². The summed E-state index contributed by atoms with van der Waals surface area (Å²) in [6, 6.07) is 11.7. The Morgan fingerprint density at radius 1 is 1.05 bits per heavy atom. The molecule has 0 unspecified atom stereocenters. The number of primary sulfonamides is 1. The number of nitrogens with two attached hydrogens (primary N) is 1. The largest absolute Gasteiger partial charge is 0.322 e. The van der Waals surface area contributed by atoms with E-state index in [-0.39, 0.29) is 10.8 Å². The lowest BCUT2D eigenvalue weighted by molar-refractivity contribution is 0.102. The second-order valence-electron chi connectivity index (χ2n) is 4.79. The van der Waals surface area contributed by atoms with Gasteiger partial charge in [0.05, 0.1) is 4.90 Å². The quantitative estimate of drug-likeness (QED) is 0.911. The van der Waals surface area contributed by atoms with E-state index in [1.54, 1.807) is 25.1 Å². The van der Waals surface area contributed by atoms with Crippen molar-refractivity contribution >= 4 is 21.6 Å². The van der Waals surface area contributed by atoms with Gasteiger partial charge in [-0.05, 0) is 43.7 Å². The fourth-order valence-electron chi connectivity index (χ4n) is 1.96. The number of hydrogen-bond acceptors (Lipinski definition) is 3. The average molecular weight is 304 g/mol. The van der Waals surface area contributed by atoms with Gasteiger partial charge in [-0.15, -0.1) is 0 Å². The van der Waals surface area contributed by atoms with E-state index in [0.29, 0.717) is 16.8 Å². The summed E-state index contributed by atoms with van der Waals surface area (Å²) in [5.74, 6) is -0.301. The van der Waals surface area contributed by atoms with Crippen molar-refractivity contribution in [3.05, 3.63) is 59.2 Å². The standard InChI is InChI=1S/C15H16N2O3S/c1-10-6-8-12(9-7-10)15(18)17-13-4-3-5-14(11(13)2)21(16,19)20/h3-9H,1-2H3,(H,17,18)(H2,16,19,20). The number of hydrogen-bond donors (Lipinski definition) is 2. The third-order valence-electron chi connectivity index (χ3n) is 3.15. The monoisotopic (exact) mass is 304 g/mol. The van der Waals surface area contributed by atoms with Gasteiger partial charge in [0.2, 0.25) is 10.0 Å². The van der Waals surface area contributed by atoms with E-state index in [2.05, 4.69) is 5.32 Å². The van der Waals surface area contributed by atoms with Crippen molar-refractivity contribution < 1.29 is 13.2 Å². The lowest BCUT2D eigenvalue weighted by atomic mass is 10.1. The third-order valence-corrected chi connectivity index (χ3v) is 4.21. The molecule has 0 radical (unpaired) electrons. The van der Waals surface area contributed by atoms with Crippen molar-refractivity contribution in [1.82, 2.24) is 0 Å². The van der Waals surface area contributed by atoms with Gasteiger partial charge in [0, 0.05) is 11.3 Å². The van der Waals surface area contributed by atoms with Crippen molar-refractivity contribution in [3.8, 4) is 0 Å². The number of nitrogens with one attached hydrogen (secondary N) is 1. The fraction of sp³-hybridized carbons (Fsp3) is 0.133. The summed E-state index contributed by atoms with van der Waals surface area (Å²) < 4.78 is 22.9. The molecule has 0 spiro atoms. The van der Waals surface area contributed by atoms with E-state index in [1.807, 2.05) is 19.1 Å². The van der Waals surface area contributed by atoms with Crippen LogP contribution in [0.1, 0.15) is 21.5 Å². The van der Waals surface area contributed by atoms with Gasteiger partial charge in [0.1, 0.15) is 0 Å². The minimum atomic E-state index is -3.81. The molecular formula is C15H16N2O3S. The summed E-state index contributed by atoms with van der Waals surface area (Å²) in [6.45, 7) is 3.53. The first-order valence-corrected chi connectivity index (χ1v) is 7.84. The Balaban J connectivity index is 2.32. The molecule has 6 heteroatoms. The first kappa shape index (κ1) is 15.2. The molecule has 0 bridgehead atoms. The number of carbonyl (C=O) groups excluding carboxylic acids is 1. The summed E-state index contributed by atoms with van der Waals surface area (Å²) in [7, 11) is -3.81. The zero-order valence-corrected chi connectivity index (χ0v) is 12.6. The van der Waals surface area contributed by atoms with Crippen LogP contribution < -0.4 is 10.5 Å². The molecule has 0 aliphatic rings. The number of sulfonamides is 1. The maximum Gasteiger partial charge on any atom is 0.255 e. The van der Waals surface area contributed by atoms with E-state index in [4.69, 9.17) is 5.14 Å². The predicted octanol–water partition coefficient (Wildman–Crippen LogP) is 2.20. The molecule has 2 aromatic rings. The fourth-order valence-corrected chi connectivity index (χ4v) is 2.76. The maximum atomic E-state index is 12.1. The van der Waals surface area contributed by atoms with Crippen LogP contribution in [-0.4, -0.2) is 14.3 Å². The van der Waals surface area contributed by atoms with Crippen LogP contribution in [0, 0.1) is 13.8 Å². The van der Waals surface area contributed by atoms with Crippen LogP contribution in [0.4, 0.5) is 5.69 Å². The summed E-state index contributed by atoms with van der Waals surface area (Å²) in [6.07, 6.45) is 0. The highest BCUT2D eigenvalue weighted by molar-refractivity contribution is 7.89. The SMILES string of the molecule is Cc1ccc(C(=O)Nc2cccc(S(N)(=O)=O)c2C)cc1. The van der Waals surface area contributed by atoms with Crippen LogP contribution in [0.3, 0.4) is 0 Å². The van der Waals surface area contributed by atoms with Crippen LogP contribution in [0.2, 0.25) is 0 Å². The topological polar surface area (TPSA) is 89.3 Å². The summed E-state index contributed by atoms with van der Waals surface area (Å²) in [4.78, 5) is 12.2. The number of carbonyl (C=O) groups is 1. The molecule has 5 nitrogen and oxygen atoms in total. The van der Waals surface area contributed by atoms with Gasteiger partial charge in [-0.3, -0.25) is 4.79 Å². The molecular weight excluding hydrogens is 288 g/mol. The second kappa shape index (κ2) is 5.67. The van der Waals surface area contributed by atoms with E-state index >= 15 is 0 Å². The number of benzene rings is 2. The van der Waals surface area contributed by atoms with E-state index in [1.165, 1.54) is 12.1 Å². The van der Waals surface area contributed by atoms with Gasteiger partial charge < -0.3 is 5.32 Å². The molecule has 0 aliphatic heterocycles. The summed E-state index contributed by atoms with van der Waals surface area (Å²) >= 11 is 0. The van der Waals surface area contributed by atoms with Crippen molar-refractivity contribution in [2.75, 3.05) is 5.32 Å². The lowest BCUT2D eigenvalue weighted by Crippen LogP contribution is -2.17. The van der Waals surface area contributed by atoms with Crippen molar-refractivity contribution in [2.45, 2.75) is 18.7 Å². The molecule has 110 valence electrons. The Bertz CT molecular complexity index is 781. The number of amides is 1. The van der Waals surface area contributed by atoms with Crippen LogP contribution in [0.25, 0.3) is 0 Å². The van der Waals surface area contributed by atoms with Crippen LogP contribution in [0.15, 0.2) is 47.4 Å². The zero-order valence-electron chi connectivity index (χ0n) is 11.8. The Labute approximate surface area is 123 Å². The highest BCUT2D eigenvalue weighted by Crippen LogP contribution is 2.22. The Hall–Kier alpha value is -2.18. The number of aryl methyl sites for hydroxylation is 1. The molecule has 0 atom stereocenters. The van der Waals surface area contributed by atoms with Gasteiger partial charge >= 0.3 is 0 Å². The molecule has 0 saturated carbocycles. The average Bonchev–Trinajstić information content (AvgIpc) is 2.40. The molecule has 0 aliphatic carbocycles. The summed E-state index contributed by atoms with van der Waals surface area (Å²) in [5.41, 5.74) is 2.40. The van der Waals surface area contributed by atoms with Crippen molar-refractivity contribution in [3.63, 3.8) is 0 Å². The molecule has 0 saturated heterocycles. The molecule has 21 heavy (non-hydrogen) atoms. The van der Waals surface area contributed by atoms with E-state index in [0.717, 1.165) is 5.56 Å². The van der Waals surface area contributed by atoms with Crippen molar-refractivity contribution in [2.24, 2.45) is 5.14 Å². The molecule has 0 aromatic heterocycles. The van der Waals surface area contributed by atoms with Crippen molar-refractivity contribution in [1.29, 1.82) is 0 Å². The molecule has 0 heterocycles. The van der Waals surface area contributed by atoms with Gasteiger partial charge in [-0.1, -0.05) is 23.8 Å². The summed E-state index contributed by atoms with van der Waals surface area (Å²) in [5, 5.41) is 7.84. The van der Waals surface area contributed by atoms with Crippen LogP contribution in [-0.2, 0) is 10.0 Å². The highest BCUT2D eigenvalue weighted by Gasteiger charge is 2.15. The minimum Gasteiger partial charge on any atom is -0.322 e. The molecule has 2 aromatic carbocycles. The first-order valence-electron chi connectivity index (χ1n) is 6.29. The zero-order chi connectivity index (χ0) is 15.6. The third kappa shape index (κ3) is 3.48. The molecule has 0 fully saturated rings.